The molecule has 0 amide bonds. The molecule has 0 aliphatic carbocycles. The fraction of sp³-hybridized carbons (Fsp3) is 0.600. The number of hydrogen-bond donors (Lipinski definition) is 1. The van der Waals surface area contributed by atoms with Crippen molar-refractivity contribution in [3.63, 3.8) is 0 Å². The zero-order chi connectivity index (χ0) is 15.4. The number of nitrogens with one attached hydrogen (secondary N) is 1. The second-order valence-corrected chi connectivity index (χ2v) is 5.60. The molecule has 1 unspecified atom stereocenters. The molecule has 1 atom stereocenters. The Balaban J connectivity index is 1.94. The molecular formula is C15H21F3N2O. The third-order valence-corrected chi connectivity index (χ3v) is 4.01. The molecule has 0 bridgehead atoms. The Kier molecular flexibility index (Phi) is 5.33. The molecule has 21 heavy (non-hydrogen) atoms. The van der Waals surface area contributed by atoms with Gasteiger partial charge in [-0.15, -0.1) is 0 Å². The number of likely N-dealkylation sites (tertiary alicyclic amines) is 1. The summed E-state index contributed by atoms with van der Waals surface area (Å²) in [5, 5.41) is 3.25. The Morgan fingerprint density at radius 2 is 1.95 bits per heavy atom. The first kappa shape index (κ1) is 15.9. The van der Waals surface area contributed by atoms with E-state index in [-0.39, 0.29) is 6.04 Å². The van der Waals surface area contributed by atoms with Crippen molar-refractivity contribution in [2.45, 2.75) is 32.4 Å². The smallest absolute Gasteiger partial charge is 0.387 e. The normalized spacial score (nSPS) is 18.8. The second-order valence-electron chi connectivity index (χ2n) is 5.60. The number of anilines is 1. The van der Waals surface area contributed by atoms with Crippen LogP contribution in [0.25, 0.3) is 0 Å². The molecule has 1 aliphatic rings. The summed E-state index contributed by atoms with van der Waals surface area (Å²) in [5.74, 6) is -0.681. The summed E-state index contributed by atoms with van der Waals surface area (Å²) in [4.78, 5) is 2.29. The quantitative estimate of drug-likeness (QED) is 0.900. The van der Waals surface area contributed by atoms with E-state index in [1.165, 1.54) is 12.1 Å². The minimum Gasteiger partial charge on any atom is -0.432 e. The predicted molar refractivity (Wildman–Crippen MR) is 76.3 cm³/mol. The number of nitrogens with zero attached hydrogens (tertiary/aromatic N) is 1. The fourth-order valence-corrected chi connectivity index (χ4v) is 2.69. The zero-order valence-electron chi connectivity index (χ0n) is 12.3. The minimum absolute atomic E-state index is 0.208. The van der Waals surface area contributed by atoms with Gasteiger partial charge in [0, 0.05) is 17.8 Å². The first-order chi connectivity index (χ1) is 9.95. The summed E-state index contributed by atoms with van der Waals surface area (Å²) < 4.78 is 41.9. The molecule has 0 aromatic heterocycles. The third kappa shape index (κ3) is 4.52. The van der Waals surface area contributed by atoms with Crippen molar-refractivity contribution in [1.29, 1.82) is 0 Å². The van der Waals surface area contributed by atoms with Gasteiger partial charge in [0.25, 0.3) is 0 Å². The van der Waals surface area contributed by atoms with Crippen molar-refractivity contribution < 1.29 is 17.9 Å². The Hall–Kier alpha value is -1.43. The molecule has 1 aromatic carbocycles. The second kappa shape index (κ2) is 7.02. The van der Waals surface area contributed by atoms with Gasteiger partial charge in [0.2, 0.25) is 0 Å². The van der Waals surface area contributed by atoms with E-state index < -0.39 is 18.2 Å². The number of halogens is 3. The molecule has 118 valence electrons. The highest BCUT2D eigenvalue weighted by Crippen LogP contribution is 2.26. The van der Waals surface area contributed by atoms with Crippen LogP contribution in [0.15, 0.2) is 18.2 Å². The largest absolute Gasteiger partial charge is 0.432 e. The van der Waals surface area contributed by atoms with E-state index in [0.717, 1.165) is 25.9 Å². The molecule has 0 radical (unpaired) electrons. The van der Waals surface area contributed by atoms with Crippen LogP contribution in [0.3, 0.4) is 0 Å². The van der Waals surface area contributed by atoms with E-state index in [2.05, 4.69) is 28.9 Å². The van der Waals surface area contributed by atoms with E-state index in [1.807, 2.05) is 0 Å². The topological polar surface area (TPSA) is 24.5 Å². The molecule has 1 aromatic rings. The summed E-state index contributed by atoms with van der Waals surface area (Å²) >= 11 is 0. The lowest BCUT2D eigenvalue weighted by atomic mass is 9.90. The van der Waals surface area contributed by atoms with Crippen molar-refractivity contribution in [2.24, 2.45) is 5.92 Å². The van der Waals surface area contributed by atoms with Gasteiger partial charge in [0.05, 0.1) is 0 Å². The monoisotopic (exact) mass is 302 g/mol. The number of rotatable bonds is 5. The van der Waals surface area contributed by atoms with Crippen LogP contribution in [0.5, 0.6) is 5.75 Å². The molecule has 1 N–H and O–H groups in total. The highest BCUT2D eigenvalue weighted by atomic mass is 19.3. The van der Waals surface area contributed by atoms with Crippen LogP contribution in [-0.4, -0.2) is 37.7 Å². The first-order valence-corrected chi connectivity index (χ1v) is 7.15. The van der Waals surface area contributed by atoms with Crippen molar-refractivity contribution in [1.82, 2.24) is 4.90 Å². The maximum absolute atomic E-state index is 13.6. The van der Waals surface area contributed by atoms with Gasteiger partial charge in [-0.05, 0) is 58.0 Å². The standard InChI is InChI=1S/C15H21F3N2O/c1-10(11-5-7-20(2)8-6-11)19-12-3-4-14(13(16)9-12)21-15(17)18/h3-4,9-11,15,19H,5-8H2,1-2H3. The van der Waals surface area contributed by atoms with Crippen LogP contribution in [0.2, 0.25) is 0 Å². The van der Waals surface area contributed by atoms with Gasteiger partial charge in [-0.2, -0.15) is 8.78 Å². The van der Waals surface area contributed by atoms with Crippen molar-refractivity contribution >= 4 is 5.69 Å². The number of piperidine rings is 1. The fourth-order valence-electron chi connectivity index (χ4n) is 2.69. The number of hydrogen-bond acceptors (Lipinski definition) is 3. The molecule has 0 spiro atoms. The lowest BCUT2D eigenvalue weighted by Crippen LogP contribution is -2.37. The maximum atomic E-state index is 13.6. The van der Waals surface area contributed by atoms with E-state index in [9.17, 15) is 13.2 Å². The predicted octanol–water partition coefficient (Wildman–Crippen LogP) is 3.57. The Morgan fingerprint density at radius 1 is 1.29 bits per heavy atom. The molecule has 2 rings (SSSR count). The first-order valence-electron chi connectivity index (χ1n) is 7.15. The lowest BCUT2D eigenvalue weighted by Gasteiger charge is -2.33. The summed E-state index contributed by atoms with van der Waals surface area (Å²) in [6, 6.07) is 4.20. The van der Waals surface area contributed by atoms with Gasteiger partial charge in [-0.1, -0.05) is 0 Å². The molecule has 1 fully saturated rings. The SMILES string of the molecule is CC(Nc1ccc(OC(F)F)c(F)c1)C1CCN(C)CC1. The van der Waals surface area contributed by atoms with Crippen LogP contribution < -0.4 is 10.1 Å². The molecule has 3 nitrogen and oxygen atoms in total. The van der Waals surface area contributed by atoms with Gasteiger partial charge < -0.3 is 15.0 Å². The van der Waals surface area contributed by atoms with Gasteiger partial charge in [0.1, 0.15) is 0 Å². The van der Waals surface area contributed by atoms with Gasteiger partial charge in [0.15, 0.2) is 11.6 Å². The highest BCUT2D eigenvalue weighted by Gasteiger charge is 2.22. The van der Waals surface area contributed by atoms with Crippen LogP contribution >= 0.6 is 0 Å². The van der Waals surface area contributed by atoms with E-state index >= 15 is 0 Å². The van der Waals surface area contributed by atoms with Crippen molar-refractivity contribution in [3.8, 4) is 5.75 Å². The van der Waals surface area contributed by atoms with Crippen LogP contribution in [0, 0.1) is 11.7 Å². The summed E-state index contributed by atoms with van der Waals surface area (Å²) in [7, 11) is 2.10. The Labute approximate surface area is 123 Å². The maximum Gasteiger partial charge on any atom is 0.387 e. The highest BCUT2D eigenvalue weighted by molar-refractivity contribution is 5.48. The Morgan fingerprint density at radius 3 is 2.52 bits per heavy atom. The third-order valence-electron chi connectivity index (χ3n) is 4.01. The van der Waals surface area contributed by atoms with E-state index in [1.54, 1.807) is 6.07 Å². The minimum atomic E-state index is -3.02. The average molecular weight is 302 g/mol. The lowest BCUT2D eigenvalue weighted by molar-refractivity contribution is -0.0521. The average Bonchev–Trinajstić information content (AvgIpc) is 2.42. The zero-order valence-corrected chi connectivity index (χ0v) is 12.3. The molecule has 1 saturated heterocycles. The summed E-state index contributed by atoms with van der Waals surface area (Å²) in [5.41, 5.74) is 0.584. The van der Waals surface area contributed by atoms with Gasteiger partial charge in [-0.3, -0.25) is 0 Å². The molecular weight excluding hydrogens is 281 g/mol. The van der Waals surface area contributed by atoms with Crippen molar-refractivity contribution in [3.05, 3.63) is 24.0 Å². The van der Waals surface area contributed by atoms with Crippen LogP contribution in [0.4, 0.5) is 18.9 Å². The van der Waals surface area contributed by atoms with Crippen LogP contribution in [0.1, 0.15) is 19.8 Å². The molecule has 1 aliphatic heterocycles. The van der Waals surface area contributed by atoms with Crippen molar-refractivity contribution in [2.75, 3.05) is 25.5 Å². The van der Waals surface area contributed by atoms with Gasteiger partial charge >= 0.3 is 6.61 Å². The van der Waals surface area contributed by atoms with Crippen LogP contribution in [-0.2, 0) is 0 Å². The summed E-state index contributed by atoms with van der Waals surface area (Å²) in [6.07, 6.45) is 2.19. The Bertz CT molecular complexity index is 462. The van der Waals surface area contributed by atoms with E-state index in [4.69, 9.17) is 0 Å². The molecule has 0 saturated carbocycles. The van der Waals surface area contributed by atoms with Gasteiger partial charge in [-0.25, -0.2) is 4.39 Å². The molecule has 6 heteroatoms. The number of benzene rings is 1. The molecule has 1 heterocycles. The number of alkyl halides is 2. The number of ether oxygens (including phenoxy) is 1. The van der Waals surface area contributed by atoms with E-state index in [0.29, 0.717) is 11.6 Å². The summed E-state index contributed by atoms with van der Waals surface area (Å²) in [6.45, 7) is 1.17.